The number of aromatic nitrogens is 7. The molecule has 0 spiro atoms. The van der Waals surface area contributed by atoms with Crippen LogP contribution in [0.3, 0.4) is 0 Å². The van der Waals surface area contributed by atoms with Crippen LogP contribution in [0.15, 0.2) is 59.4 Å². The second-order valence-electron chi connectivity index (χ2n) is 7.29. The summed E-state index contributed by atoms with van der Waals surface area (Å²) in [6, 6.07) is 14.0. The maximum absolute atomic E-state index is 6.02. The number of pyridine rings is 2. The first-order chi connectivity index (χ1) is 14.8. The SMILES string of the molecule is Cc1cccc2cc([C@@H]3c4nc[nH]c4CCN3c3nnc(-c4ccccn4)o3)nn12. The van der Waals surface area contributed by atoms with Gasteiger partial charge in [0.25, 0.3) is 5.89 Å². The molecule has 0 fully saturated rings. The molecule has 0 saturated carbocycles. The minimum Gasteiger partial charge on any atom is -0.402 e. The summed E-state index contributed by atoms with van der Waals surface area (Å²) in [5.41, 5.74) is 5.67. The molecule has 0 saturated heterocycles. The van der Waals surface area contributed by atoms with E-state index in [1.165, 1.54) is 0 Å². The lowest BCUT2D eigenvalue weighted by Crippen LogP contribution is -2.37. The number of aromatic amines is 1. The first kappa shape index (κ1) is 16.9. The van der Waals surface area contributed by atoms with Crippen LogP contribution in [0.25, 0.3) is 17.1 Å². The molecule has 9 nitrogen and oxygen atoms in total. The Morgan fingerprint density at radius 2 is 2.07 bits per heavy atom. The van der Waals surface area contributed by atoms with Crippen LogP contribution in [0, 0.1) is 6.92 Å². The maximum Gasteiger partial charge on any atom is 0.319 e. The predicted molar refractivity (Wildman–Crippen MR) is 109 cm³/mol. The molecule has 0 amide bonds. The summed E-state index contributed by atoms with van der Waals surface area (Å²) in [5.74, 6) is 0.392. The van der Waals surface area contributed by atoms with Crippen LogP contribution >= 0.6 is 0 Å². The van der Waals surface area contributed by atoms with E-state index in [2.05, 4.69) is 36.1 Å². The molecule has 5 aromatic heterocycles. The predicted octanol–water partition coefficient (Wildman–Crippen LogP) is 2.96. The molecule has 0 bridgehead atoms. The fourth-order valence-corrected chi connectivity index (χ4v) is 4.01. The van der Waals surface area contributed by atoms with Crippen LogP contribution in [-0.4, -0.2) is 41.3 Å². The summed E-state index contributed by atoms with van der Waals surface area (Å²) in [7, 11) is 0. The van der Waals surface area contributed by atoms with E-state index in [1.807, 2.05) is 47.8 Å². The summed E-state index contributed by atoms with van der Waals surface area (Å²) >= 11 is 0. The van der Waals surface area contributed by atoms with Crippen molar-refractivity contribution in [2.75, 3.05) is 11.4 Å². The van der Waals surface area contributed by atoms with Crippen LogP contribution in [0.1, 0.15) is 28.8 Å². The zero-order valence-electron chi connectivity index (χ0n) is 16.2. The highest BCUT2D eigenvalue weighted by Gasteiger charge is 2.36. The quantitative estimate of drug-likeness (QED) is 0.498. The molecule has 30 heavy (non-hydrogen) atoms. The van der Waals surface area contributed by atoms with E-state index in [9.17, 15) is 0 Å². The van der Waals surface area contributed by atoms with E-state index in [0.717, 1.165) is 34.7 Å². The Labute approximate surface area is 171 Å². The van der Waals surface area contributed by atoms with Crippen LogP contribution in [0.5, 0.6) is 0 Å². The van der Waals surface area contributed by atoms with Crippen LogP contribution in [0.4, 0.5) is 6.01 Å². The Balaban J connectivity index is 1.46. The van der Waals surface area contributed by atoms with Gasteiger partial charge in [-0.2, -0.15) is 5.10 Å². The summed E-state index contributed by atoms with van der Waals surface area (Å²) in [4.78, 5) is 14.2. The van der Waals surface area contributed by atoms with Gasteiger partial charge >= 0.3 is 6.01 Å². The van der Waals surface area contributed by atoms with Crippen molar-refractivity contribution in [2.45, 2.75) is 19.4 Å². The van der Waals surface area contributed by atoms with E-state index in [1.54, 1.807) is 12.5 Å². The Morgan fingerprint density at radius 3 is 2.93 bits per heavy atom. The van der Waals surface area contributed by atoms with E-state index < -0.39 is 0 Å². The number of anilines is 1. The van der Waals surface area contributed by atoms with E-state index in [0.29, 0.717) is 24.1 Å². The molecule has 5 aromatic rings. The first-order valence-corrected chi connectivity index (χ1v) is 9.77. The van der Waals surface area contributed by atoms with E-state index >= 15 is 0 Å². The largest absolute Gasteiger partial charge is 0.402 e. The van der Waals surface area contributed by atoms with Gasteiger partial charge in [0, 0.05) is 30.6 Å². The van der Waals surface area contributed by atoms with Crippen molar-refractivity contribution in [1.82, 2.24) is 34.8 Å². The minimum atomic E-state index is -0.226. The van der Waals surface area contributed by atoms with Gasteiger partial charge in [0.05, 0.1) is 23.2 Å². The van der Waals surface area contributed by atoms with E-state index in [-0.39, 0.29) is 6.04 Å². The van der Waals surface area contributed by atoms with Crippen molar-refractivity contribution in [3.8, 4) is 11.6 Å². The third-order valence-electron chi connectivity index (χ3n) is 5.44. The molecular formula is C21H18N8O. The van der Waals surface area contributed by atoms with Crippen molar-refractivity contribution < 1.29 is 4.42 Å². The molecule has 1 atom stereocenters. The molecule has 0 unspecified atom stereocenters. The Hall–Kier alpha value is -4.01. The fraction of sp³-hybridized carbons (Fsp3) is 0.190. The number of H-pyrrole nitrogens is 1. The molecule has 1 aliphatic heterocycles. The van der Waals surface area contributed by atoms with Crippen LogP contribution in [0.2, 0.25) is 0 Å². The monoisotopic (exact) mass is 398 g/mol. The second-order valence-corrected chi connectivity index (χ2v) is 7.29. The minimum absolute atomic E-state index is 0.226. The lowest BCUT2D eigenvalue weighted by Gasteiger charge is -2.32. The molecule has 0 aliphatic carbocycles. The van der Waals surface area contributed by atoms with Crippen molar-refractivity contribution in [3.05, 3.63) is 77.8 Å². The topological polar surface area (TPSA) is 101 Å². The number of fused-ring (bicyclic) bond motifs is 2. The summed E-state index contributed by atoms with van der Waals surface area (Å²) in [6.45, 7) is 2.75. The number of hydrogen-bond acceptors (Lipinski definition) is 7. The van der Waals surface area contributed by atoms with Crippen molar-refractivity contribution in [2.24, 2.45) is 0 Å². The number of nitrogens with zero attached hydrogens (tertiary/aromatic N) is 7. The molecule has 0 radical (unpaired) electrons. The highest BCUT2D eigenvalue weighted by atomic mass is 16.4. The Bertz CT molecular complexity index is 1340. The molecular weight excluding hydrogens is 380 g/mol. The van der Waals surface area contributed by atoms with E-state index in [4.69, 9.17) is 9.52 Å². The first-order valence-electron chi connectivity index (χ1n) is 9.77. The average Bonchev–Trinajstić information content (AvgIpc) is 3.52. The molecule has 6 rings (SSSR count). The highest BCUT2D eigenvalue weighted by molar-refractivity contribution is 5.53. The molecule has 6 heterocycles. The van der Waals surface area contributed by atoms with Crippen molar-refractivity contribution >= 4 is 11.5 Å². The summed E-state index contributed by atoms with van der Waals surface area (Å²) in [6.07, 6.45) is 4.24. The maximum atomic E-state index is 6.02. The van der Waals surface area contributed by atoms with Gasteiger partial charge in [0.15, 0.2) is 0 Å². The molecule has 1 N–H and O–H groups in total. The standard InChI is InChI=1S/C21H18N8O/c1-13-5-4-6-14-11-17(27-29(13)14)19-18-15(23-12-24-18)8-10-28(19)21-26-25-20(30-21)16-7-2-3-9-22-16/h2-7,9,11-12,19H,8,10H2,1H3,(H,23,24)/t19-/m1/s1. The third kappa shape index (κ3) is 2.59. The zero-order valence-corrected chi connectivity index (χ0v) is 16.2. The summed E-state index contributed by atoms with van der Waals surface area (Å²) in [5, 5.41) is 13.4. The van der Waals surface area contributed by atoms with Crippen LogP contribution < -0.4 is 4.90 Å². The van der Waals surface area contributed by atoms with Gasteiger partial charge in [-0.25, -0.2) is 9.50 Å². The zero-order chi connectivity index (χ0) is 20.1. The third-order valence-corrected chi connectivity index (χ3v) is 5.44. The fourth-order valence-electron chi connectivity index (χ4n) is 4.01. The second kappa shape index (κ2) is 6.51. The average molecular weight is 398 g/mol. The molecule has 1 aliphatic rings. The van der Waals surface area contributed by atoms with Gasteiger partial charge in [-0.3, -0.25) is 4.98 Å². The smallest absolute Gasteiger partial charge is 0.319 e. The summed E-state index contributed by atoms with van der Waals surface area (Å²) < 4.78 is 7.96. The number of imidazole rings is 1. The lowest BCUT2D eigenvalue weighted by atomic mass is 10.0. The number of nitrogens with one attached hydrogen (secondary N) is 1. The Morgan fingerprint density at radius 1 is 1.10 bits per heavy atom. The van der Waals surface area contributed by atoms with Crippen molar-refractivity contribution in [3.63, 3.8) is 0 Å². The number of aryl methyl sites for hydroxylation is 1. The van der Waals surface area contributed by atoms with Crippen LogP contribution in [-0.2, 0) is 6.42 Å². The van der Waals surface area contributed by atoms with Gasteiger partial charge in [-0.1, -0.05) is 17.2 Å². The van der Waals surface area contributed by atoms with Gasteiger partial charge in [0.1, 0.15) is 11.7 Å². The number of rotatable bonds is 3. The molecule has 148 valence electrons. The van der Waals surface area contributed by atoms with Gasteiger partial charge < -0.3 is 14.3 Å². The van der Waals surface area contributed by atoms with Gasteiger partial charge in [-0.05, 0) is 37.3 Å². The normalized spacial score (nSPS) is 16.2. The number of hydrogen-bond donors (Lipinski definition) is 1. The lowest BCUT2D eigenvalue weighted by molar-refractivity contribution is 0.502. The Kier molecular flexibility index (Phi) is 3.67. The highest BCUT2D eigenvalue weighted by Crippen LogP contribution is 2.36. The molecule has 0 aromatic carbocycles. The van der Waals surface area contributed by atoms with Gasteiger partial charge in [0.2, 0.25) is 0 Å². The van der Waals surface area contributed by atoms with Gasteiger partial charge in [-0.15, -0.1) is 5.10 Å². The molecule has 9 heteroatoms. The van der Waals surface area contributed by atoms with Crippen molar-refractivity contribution in [1.29, 1.82) is 0 Å².